The van der Waals surface area contributed by atoms with E-state index in [1.807, 2.05) is 66.7 Å². The molecule has 43 heavy (non-hydrogen) atoms. The molecule has 0 saturated heterocycles. The van der Waals surface area contributed by atoms with E-state index in [1.54, 1.807) is 18.4 Å². The van der Waals surface area contributed by atoms with Gasteiger partial charge in [-0.15, -0.1) is 11.3 Å². The summed E-state index contributed by atoms with van der Waals surface area (Å²) in [6.07, 6.45) is 6.59. The first-order valence-electron chi connectivity index (χ1n) is 14.4. The SMILES string of the molecule is COc1ccccc1[C@@H](CO)CC(=O)c1cccc2c1OCCC2NCc1cncn1Cc1ccc(-c2cncs2)cc1. The highest BCUT2D eigenvalue weighted by Crippen LogP contribution is 2.37. The van der Waals surface area contributed by atoms with Crippen molar-refractivity contribution in [2.24, 2.45) is 0 Å². The number of carbonyl (C=O) groups is 1. The van der Waals surface area contributed by atoms with Crippen LogP contribution >= 0.6 is 11.3 Å². The predicted octanol–water partition coefficient (Wildman–Crippen LogP) is 6.03. The van der Waals surface area contributed by atoms with Crippen molar-refractivity contribution in [3.05, 3.63) is 119 Å². The van der Waals surface area contributed by atoms with Crippen molar-refractivity contribution >= 4 is 17.1 Å². The minimum absolute atomic E-state index is 0.0291. The molecule has 0 amide bonds. The normalized spacial score (nSPS) is 15.0. The maximum absolute atomic E-state index is 13.5. The van der Waals surface area contributed by atoms with Crippen molar-refractivity contribution in [3.63, 3.8) is 0 Å². The number of thiazole rings is 1. The Morgan fingerprint density at radius 2 is 1.98 bits per heavy atom. The molecule has 0 saturated carbocycles. The van der Waals surface area contributed by atoms with Crippen LogP contribution < -0.4 is 14.8 Å². The molecule has 2 N–H and O–H groups in total. The van der Waals surface area contributed by atoms with Gasteiger partial charge in [-0.3, -0.25) is 9.78 Å². The maximum atomic E-state index is 13.5. The summed E-state index contributed by atoms with van der Waals surface area (Å²) in [5, 5.41) is 13.8. The Labute approximate surface area is 255 Å². The number of methoxy groups -OCH3 is 1. The maximum Gasteiger partial charge on any atom is 0.167 e. The molecule has 5 aromatic rings. The summed E-state index contributed by atoms with van der Waals surface area (Å²) in [5.74, 6) is 0.850. The minimum Gasteiger partial charge on any atom is -0.496 e. The molecule has 2 atom stereocenters. The molecular weight excluding hydrogens is 560 g/mol. The number of aliphatic hydroxyl groups is 1. The largest absolute Gasteiger partial charge is 0.496 e. The van der Waals surface area contributed by atoms with Gasteiger partial charge in [-0.1, -0.05) is 54.6 Å². The van der Waals surface area contributed by atoms with E-state index >= 15 is 0 Å². The van der Waals surface area contributed by atoms with Gasteiger partial charge in [0.25, 0.3) is 0 Å². The molecule has 6 rings (SSSR count). The predicted molar refractivity (Wildman–Crippen MR) is 167 cm³/mol. The van der Waals surface area contributed by atoms with E-state index < -0.39 is 0 Å². The van der Waals surface area contributed by atoms with E-state index in [2.05, 4.69) is 44.1 Å². The highest BCUT2D eigenvalue weighted by Gasteiger charge is 2.28. The fourth-order valence-electron chi connectivity index (χ4n) is 5.66. The van der Waals surface area contributed by atoms with Gasteiger partial charge in [-0.05, 0) is 28.8 Å². The molecule has 9 heteroatoms. The number of rotatable bonds is 12. The number of para-hydroxylation sites is 2. The van der Waals surface area contributed by atoms with Gasteiger partial charge in [0, 0.05) is 55.8 Å². The number of benzene rings is 3. The van der Waals surface area contributed by atoms with Crippen LogP contribution in [0.4, 0.5) is 0 Å². The second kappa shape index (κ2) is 13.3. The van der Waals surface area contributed by atoms with Gasteiger partial charge in [0.15, 0.2) is 5.78 Å². The zero-order valence-electron chi connectivity index (χ0n) is 24.0. The van der Waals surface area contributed by atoms with Gasteiger partial charge >= 0.3 is 0 Å². The molecule has 3 heterocycles. The molecule has 8 nitrogen and oxygen atoms in total. The van der Waals surface area contributed by atoms with Crippen LogP contribution in [0.25, 0.3) is 10.4 Å². The number of hydrogen-bond acceptors (Lipinski definition) is 8. The van der Waals surface area contributed by atoms with Crippen LogP contribution in [0.3, 0.4) is 0 Å². The molecule has 0 fully saturated rings. The third kappa shape index (κ3) is 6.39. The highest BCUT2D eigenvalue weighted by molar-refractivity contribution is 7.13. The topological polar surface area (TPSA) is 98.5 Å². The lowest BCUT2D eigenvalue weighted by molar-refractivity contribution is 0.0953. The number of aliphatic hydroxyl groups excluding tert-OH is 1. The number of nitrogens with one attached hydrogen (secondary N) is 1. The fraction of sp³-hybridized carbons (Fsp3) is 0.265. The van der Waals surface area contributed by atoms with Crippen molar-refractivity contribution in [1.29, 1.82) is 0 Å². The van der Waals surface area contributed by atoms with Gasteiger partial charge in [-0.2, -0.15) is 0 Å². The number of Topliss-reactive ketones (excluding diaryl/α,β-unsaturated/α-hetero) is 1. The van der Waals surface area contributed by atoms with Crippen molar-refractivity contribution < 1.29 is 19.4 Å². The second-order valence-corrected chi connectivity index (χ2v) is 11.5. The molecule has 0 bridgehead atoms. The lowest BCUT2D eigenvalue weighted by atomic mass is 9.89. The first-order valence-corrected chi connectivity index (χ1v) is 15.3. The van der Waals surface area contributed by atoms with Crippen LogP contribution in [-0.4, -0.2) is 45.7 Å². The monoisotopic (exact) mass is 594 g/mol. The van der Waals surface area contributed by atoms with Crippen molar-refractivity contribution in [2.75, 3.05) is 20.3 Å². The highest BCUT2D eigenvalue weighted by atomic mass is 32.1. The number of hydrogen-bond donors (Lipinski definition) is 2. The lowest BCUT2D eigenvalue weighted by Gasteiger charge is -2.28. The number of aromatic nitrogens is 3. The Kier molecular flexibility index (Phi) is 8.93. The molecule has 220 valence electrons. The van der Waals surface area contributed by atoms with Crippen LogP contribution in [0.2, 0.25) is 0 Å². The van der Waals surface area contributed by atoms with E-state index in [0.29, 0.717) is 30.2 Å². The molecule has 3 aromatic carbocycles. The summed E-state index contributed by atoms with van der Waals surface area (Å²) in [7, 11) is 1.60. The Balaban J connectivity index is 1.13. The summed E-state index contributed by atoms with van der Waals surface area (Å²) >= 11 is 1.63. The van der Waals surface area contributed by atoms with Crippen molar-refractivity contribution in [1.82, 2.24) is 19.9 Å². The first kappa shape index (κ1) is 28.8. The lowest BCUT2D eigenvalue weighted by Crippen LogP contribution is -2.28. The summed E-state index contributed by atoms with van der Waals surface area (Å²) in [6.45, 7) is 1.70. The molecule has 1 unspecified atom stereocenters. The Hall–Kier alpha value is -4.31. The molecule has 2 aromatic heterocycles. The molecule has 0 radical (unpaired) electrons. The Morgan fingerprint density at radius 1 is 1.12 bits per heavy atom. The average Bonchev–Trinajstić information content (AvgIpc) is 3.75. The molecule has 1 aliphatic rings. The van der Waals surface area contributed by atoms with Crippen LogP contribution in [0.5, 0.6) is 11.5 Å². The van der Waals surface area contributed by atoms with E-state index in [4.69, 9.17) is 9.47 Å². The third-order valence-corrected chi connectivity index (χ3v) is 8.78. The molecular formula is C34H34N4O4S. The molecule has 1 aliphatic heterocycles. The van der Waals surface area contributed by atoms with Crippen LogP contribution in [0.1, 0.15) is 57.5 Å². The fourth-order valence-corrected chi connectivity index (χ4v) is 6.29. The van der Waals surface area contributed by atoms with Crippen LogP contribution in [0.15, 0.2) is 91.0 Å². The molecule has 0 aliphatic carbocycles. The van der Waals surface area contributed by atoms with E-state index in [-0.39, 0.29) is 30.8 Å². The summed E-state index contributed by atoms with van der Waals surface area (Å²) in [5.41, 5.74) is 7.62. The average molecular weight is 595 g/mol. The van der Waals surface area contributed by atoms with E-state index in [0.717, 1.165) is 34.7 Å². The van der Waals surface area contributed by atoms with Crippen LogP contribution in [-0.2, 0) is 13.1 Å². The number of fused-ring (bicyclic) bond motifs is 1. The third-order valence-electron chi connectivity index (χ3n) is 7.96. The summed E-state index contributed by atoms with van der Waals surface area (Å²) < 4.78 is 13.7. The number of ketones is 1. The zero-order valence-corrected chi connectivity index (χ0v) is 24.8. The summed E-state index contributed by atoms with van der Waals surface area (Å²) in [6, 6.07) is 21.8. The standard InChI is InChI=1S/C34H34N4O4S/c1-41-32-8-3-2-5-27(32)25(20-39)15-31(40)29-7-4-6-28-30(13-14-42-34(28)29)37-17-26-16-35-21-38(26)19-23-9-11-24(12-10-23)33-18-36-22-43-33/h2-12,16,18,21-22,25,30,37,39H,13-15,17,19-20H2,1H3/t25-,30?/m1/s1. The van der Waals surface area contributed by atoms with Gasteiger partial charge in [0.05, 0.1) is 48.3 Å². The van der Waals surface area contributed by atoms with Gasteiger partial charge in [-0.25, -0.2) is 4.98 Å². The quantitative estimate of drug-likeness (QED) is 0.170. The first-order chi connectivity index (χ1) is 21.1. The number of ether oxygens (including phenoxy) is 2. The number of carbonyl (C=O) groups excluding carboxylic acids is 1. The number of nitrogens with zero attached hydrogens (tertiary/aromatic N) is 3. The van der Waals surface area contributed by atoms with E-state index in [9.17, 15) is 9.90 Å². The van der Waals surface area contributed by atoms with Crippen LogP contribution in [0, 0.1) is 0 Å². The van der Waals surface area contributed by atoms with Gasteiger partial charge < -0.3 is 24.5 Å². The molecule has 0 spiro atoms. The summed E-state index contributed by atoms with van der Waals surface area (Å²) in [4.78, 5) is 23.3. The van der Waals surface area contributed by atoms with Crippen molar-refractivity contribution in [2.45, 2.75) is 37.9 Å². The van der Waals surface area contributed by atoms with E-state index in [1.165, 1.54) is 11.1 Å². The second-order valence-electron chi connectivity index (χ2n) is 10.6. The van der Waals surface area contributed by atoms with Crippen molar-refractivity contribution in [3.8, 4) is 21.9 Å². The zero-order chi connectivity index (χ0) is 29.6. The van der Waals surface area contributed by atoms with Gasteiger partial charge in [0.1, 0.15) is 11.5 Å². The van der Waals surface area contributed by atoms with Gasteiger partial charge in [0.2, 0.25) is 0 Å². The Morgan fingerprint density at radius 3 is 2.77 bits per heavy atom. The number of imidazole rings is 1. The minimum atomic E-state index is -0.374. The Bertz CT molecular complexity index is 1670. The smallest absolute Gasteiger partial charge is 0.167 e.